The summed E-state index contributed by atoms with van der Waals surface area (Å²) in [6, 6.07) is 42.7. The Morgan fingerprint density at radius 1 is 0.407 bits per heavy atom. The number of hydrogen-bond donors (Lipinski definition) is 6. The van der Waals surface area contributed by atoms with Crippen LogP contribution in [-0.2, 0) is 105 Å². The third-order valence-corrected chi connectivity index (χ3v) is 30.4. The highest BCUT2D eigenvalue weighted by atomic mass is 16.8. The lowest BCUT2D eigenvalue weighted by Crippen LogP contribution is -2.81. The van der Waals surface area contributed by atoms with Gasteiger partial charge in [-0.25, -0.2) is 28.8 Å². The zero-order chi connectivity index (χ0) is 97.5. The van der Waals surface area contributed by atoms with Gasteiger partial charge < -0.3 is 97.4 Å². The van der Waals surface area contributed by atoms with Crippen molar-refractivity contribution in [3.05, 3.63) is 238 Å². The topological polar surface area (TPSA) is 439 Å². The van der Waals surface area contributed by atoms with Crippen LogP contribution >= 0.6 is 0 Å². The van der Waals surface area contributed by atoms with Crippen LogP contribution in [0.25, 0.3) is 0 Å². The van der Waals surface area contributed by atoms with E-state index >= 15 is 28.8 Å². The quantitative estimate of drug-likeness (QED) is 0.0186. The van der Waals surface area contributed by atoms with Crippen LogP contribution < -0.4 is 10.6 Å². The molecule has 6 N–H and O–H groups in total. The molecule has 6 aromatic carbocycles. The minimum Gasteiger partial charge on any atom is -0.455 e. The second-order valence-electron chi connectivity index (χ2n) is 39.2. The predicted molar refractivity (Wildman–Crippen MR) is 475 cm³/mol. The second kappa shape index (κ2) is 37.0. The van der Waals surface area contributed by atoms with Crippen LogP contribution in [0.15, 0.2) is 204 Å². The van der Waals surface area contributed by atoms with Gasteiger partial charge in [0.15, 0.2) is 41.4 Å². The fraction of sp³-hybridized carbons (Fsp3) is 0.495. The summed E-state index contributed by atoms with van der Waals surface area (Å²) < 4.78 is 90.6. The molecule has 0 aromatic heterocycles. The van der Waals surface area contributed by atoms with Crippen molar-refractivity contribution in [1.82, 2.24) is 10.6 Å². The molecular weight excluding hydrogens is 1750 g/mol. The van der Waals surface area contributed by atoms with Gasteiger partial charge in [0, 0.05) is 73.3 Å². The van der Waals surface area contributed by atoms with E-state index in [1.807, 2.05) is 0 Å². The molecule has 718 valence electrons. The molecule has 135 heavy (non-hydrogen) atoms. The molecule has 32 nitrogen and oxygen atoms in total. The summed E-state index contributed by atoms with van der Waals surface area (Å²) in [6.45, 7) is 22.7. The van der Waals surface area contributed by atoms with E-state index in [4.69, 9.17) is 66.3 Å². The van der Waals surface area contributed by atoms with Gasteiger partial charge in [-0.1, -0.05) is 189 Å². The summed E-state index contributed by atoms with van der Waals surface area (Å²) in [4.78, 5) is 181. The number of aliphatic hydroxyl groups is 4. The van der Waals surface area contributed by atoms with E-state index < -0.39 is 255 Å². The summed E-state index contributed by atoms with van der Waals surface area (Å²) in [5.74, 6) is -19.5. The van der Waals surface area contributed by atoms with Crippen molar-refractivity contribution in [2.24, 2.45) is 45.3 Å². The Morgan fingerprint density at radius 3 is 1.00 bits per heavy atom. The molecule has 3 saturated heterocycles. The number of hydrogen-bond acceptors (Lipinski definition) is 30. The highest BCUT2D eigenvalue weighted by Gasteiger charge is 2.80. The van der Waals surface area contributed by atoms with E-state index in [9.17, 15) is 49.2 Å². The van der Waals surface area contributed by atoms with Gasteiger partial charge in [-0.15, -0.1) is 0 Å². The SMILES string of the molecule is CC(=O)O[C@@H]1C2=C(C)[C@@H](OC(=O)[C@H](OC(=O)[C@@H]3OC(C)(C)O[C@H]3C(=O)O[C@@H](C(=O)O[C@H]3C[C@@]4(O)[C@@H](OC(=O)c5ccccc5)C5[C@@](C)([C@@H](C)C[C@H]6OC[C@@]56OC(C)=O)[C@@H](O)[C@H](OC(C)=O)C(=C3C)C4(C)C)[C@@H](NC(=O)c3ccccc3)c3ccccc3)[C@@H](NC(=O)c3ccccc3)c3ccccc3)C[C@@](O)([C@@H](OC(=O)c3ccccc3)C3[C@@](C)([C@@H](C)C[C@H]4OC[C@@]34OC(C)=O)[C@H]1O)C2(C)C. The molecule has 9 aliphatic rings. The first-order valence-corrected chi connectivity index (χ1v) is 45.4. The molecule has 3 heterocycles. The van der Waals surface area contributed by atoms with Crippen molar-refractivity contribution in [3.63, 3.8) is 0 Å². The number of ether oxygens (including phenoxy) is 14. The monoisotopic (exact) mass is 1860 g/mol. The molecule has 2 amide bonds. The Kier molecular flexibility index (Phi) is 26.7. The van der Waals surface area contributed by atoms with Crippen molar-refractivity contribution in [3.8, 4) is 0 Å². The van der Waals surface area contributed by atoms with Crippen molar-refractivity contribution >= 4 is 71.5 Å². The predicted octanol–water partition coefficient (Wildman–Crippen LogP) is 10.2. The molecule has 4 saturated carbocycles. The summed E-state index contributed by atoms with van der Waals surface area (Å²) in [7, 11) is 0. The first-order chi connectivity index (χ1) is 63.7. The molecule has 3 aliphatic heterocycles. The average molecular weight is 1860 g/mol. The van der Waals surface area contributed by atoms with E-state index in [0.29, 0.717) is 0 Å². The zero-order valence-electron chi connectivity index (χ0n) is 78.0. The first-order valence-electron chi connectivity index (χ1n) is 45.4. The summed E-state index contributed by atoms with van der Waals surface area (Å²) in [5, 5.41) is 62.4. The molecule has 0 radical (unpaired) electrons. The maximum absolute atomic E-state index is 16.6. The number of amides is 2. The van der Waals surface area contributed by atoms with Gasteiger partial charge in [0.05, 0.1) is 36.2 Å². The van der Waals surface area contributed by atoms with Crippen LogP contribution in [0.1, 0.15) is 201 Å². The van der Waals surface area contributed by atoms with Gasteiger partial charge in [0.2, 0.25) is 12.2 Å². The number of carbonyl (C=O) groups is 12. The van der Waals surface area contributed by atoms with Crippen LogP contribution in [0.3, 0.4) is 0 Å². The van der Waals surface area contributed by atoms with Gasteiger partial charge in [-0.2, -0.15) is 0 Å². The summed E-state index contributed by atoms with van der Waals surface area (Å²) >= 11 is 0. The van der Waals surface area contributed by atoms with Gasteiger partial charge in [-0.05, 0) is 134 Å². The molecule has 4 bridgehead atoms. The molecular formula is C103H116N2O30. The molecule has 26 atom stereocenters. The fourth-order valence-corrected chi connectivity index (χ4v) is 23.2. The molecule has 15 rings (SSSR count). The Bertz CT molecular complexity index is 5300. The molecule has 7 fully saturated rings. The molecule has 2 unspecified atom stereocenters. The normalized spacial score (nSPS) is 33.4. The van der Waals surface area contributed by atoms with E-state index in [2.05, 4.69) is 10.6 Å². The number of nitrogens with one attached hydrogen (secondary N) is 2. The lowest BCUT2D eigenvalue weighted by atomic mass is 9.43. The molecule has 6 aromatic rings. The number of fused-ring (bicyclic) bond motifs is 10. The number of benzene rings is 6. The minimum absolute atomic E-state index is 0.0111. The standard InChI is InChI=1S/C103H116N2O30/c1-53-47-69-100(51-122-69,132-59(7)108)81-85(130-89(114)65-43-31-21-32-44-65)102(120)49-67(55(3)71(95(102,9)10)75(124-57(5)106)83(110)98(53,81)15)126-91(116)77(73(61-35-23-17-24-36-61)104-87(112)63-39-27-19-28-40-63)128-93(118)79-80(135-97(13,14)134-79)94(119)129-78(74(62-37-25-18-26-38-62)105-88(113)64-41-29-20-30-42-64)92(117)127-68-50-103(121)86(131-90(115)66-45-33-22-34-46-66)82-99(16,54(2)48-70-101(82,52-123-70)133-60(8)109)84(111)76(125-58(6)107)72(56(68)4)96(103,11)12/h17-46,53-54,67-70,73-86,110-111,120-121H,47-52H2,1-16H3,(H,104,112)(H,105,113)/t53-,54-,67-,68-,69+,70+,73-,74-,75+,76+,77+,78+,79+,80+,81?,82?,83-,84-,85-,86-,98+,99+,100-,101-,102+,103+/m0/s1. The van der Waals surface area contributed by atoms with E-state index in [0.717, 1.165) is 13.8 Å². The fourth-order valence-electron chi connectivity index (χ4n) is 23.2. The van der Waals surface area contributed by atoms with Gasteiger partial charge in [-0.3, -0.25) is 28.8 Å². The first kappa shape index (κ1) is 97.7. The minimum atomic E-state index is -2.58. The van der Waals surface area contributed by atoms with Crippen molar-refractivity contribution in [1.29, 1.82) is 0 Å². The Hall–Kier alpha value is -11.9. The second-order valence-corrected chi connectivity index (χ2v) is 39.2. The number of carbonyl (C=O) groups excluding carboxylic acids is 12. The number of esters is 10. The van der Waals surface area contributed by atoms with Crippen molar-refractivity contribution in [2.75, 3.05) is 13.2 Å². The maximum atomic E-state index is 16.6. The zero-order valence-corrected chi connectivity index (χ0v) is 78.0. The lowest BCUT2D eigenvalue weighted by Gasteiger charge is -2.69. The van der Waals surface area contributed by atoms with Gasteiger partial charge in [0.25, 0.3) is 11.8 Å². The third-order valence-electron chi connectivity index (χ3n) is 30.4. The van der Waals surface area contributed by atoms with E-state index in [1.54, 1.807) is 165 Å². The van der Waals surface area contributed by atoms with Gasteiger partial charge in [0.1, 0.15) is 72.1 Å². The van der Waals surface area contributed by atoms with E-state index in [1.165, 1.54) is 114 Å². The maximum Gasteiger partial charge on any atom is 0.350 e. The van der Waals surface area contributed by atoms with Crippen LogP contribution in [0.2, 0.25) is 0 Å². The highest BCUT2D eigenvalue weighted by molar-refractivity contribution is 5.97. The number of aliphatic hydroxyl groups excluding tert-OH is 2. The largest absolute Gasteiger partial charge is 0.455 e. The van der Waals surface area contributed by atoms with Crippen LogP contribution in [-0.4, -0.2) is 219 Å². The van der Waals surface area contributed by atoms with Crippen LogP contribution in [0.5, 0.6) is 0 Å². The van der Waals surface area contributed by atoms with Crippen molar-refractivity contribution < 1.29 is 144 Å². The molecule has 6 aliphatic carbocycles. The summed E-state index contributed by atoms with van der Waals surface area (Å²) in [5.41, 5.74) is -15.3. The van der Waals surface area contributed by atoms with Crippen LogP contribution in [0, 0.1) is 45.3 Å². The summed E-state index contributed by atoms with van der Waals surface area (Å²) in [6.07, 6.45) is -27.2. The van der Waals surface area contributed by atoms with Crippen LogP contribution in [0.4, 0.5) is 0 Å². The molecule has 0 spiro atoms. The Labute approximate surface area is 781 Å². The smallest absolute Gasteiger partial charge is 0.350 e. The van der Waals surface area contributed by atoms with Crippen molar-refractivity contribution in [2.45, 2.75) is 262 Å². The third kappa shape index (κ3) is 17.2. The average Bonchev–Trinajstić information content (AvgIpc) is 0.874. The number of rotatable bonds is 24. The highest BCUT2D eigenvalue weighted by Crippen LogP contribution is 2.70. The molecule has 32 heteroatoms. The van der Waals surface area contributed by atoms with Gasteiger partial charge >= 0.3 is 59.7 Å². The van der Waals surface area contributed by atoms with E-state index in [-0.39, 0.29) is 81.7 Å². The lowest BCUT2D eigenvalue weighted by molar-refractivity contribution is -0.358. The Balaban J connectivity index is 0.843. The Morgan fingerprint density at radius 2 is 0.711 bits per heavy atom.